The minimum absolute atomic E-state index is 0.208. The van der Waals surface area contributed by atoms with Crippen LogP contribution in [0.2, 0.25) is 0 Å². The van der Waals surface area contributed by atoms with E-state index in [0.29, 0.717) is 0 Å². The highest BCUT2D eigenvalue weighted by atomic mass is 32.1. The molecule has 3 nitrogen and oxygen atoms in total. The zero-order valence-electron chi connectivity index (χ0n) is 9.79. The summed E-state index contributed by atoms with van der Waals surface area (Å²) in [6.07, 6.45) is 3.49. The lowest BCUT2D eigenvalue weighted by Crippen LogP contribution is -2.29. The summed E-state index contributed by atoms with van der Waals surface area (Å²) < 4.78 is 0. The summed E-state index contributed by atoms with van der Waals surface area (Å²) in [6, 6.07) is 0.208. The molecule has 3 N–H and O–H groups in total. The highest BCUT2D eigenvalue weighted by molar-refractivity contribution is 7.09. The van der Waals surface area contributed by atoms with Crippen molar-refractivity contribution in [3.63, 3.8) is 0 Å². The molecule has 0 aliphatic rings. The molecule has 0 amide bonds. The Hall–Kier alpha value is -0.450. The van der Waals surface area contributed by atoms with Crippen molar-refractivity contribution in [2.75, 3.05) is 0 Å². The van der Waals surface area contributed by atoms with E-state index in [9.17, 15) is 0 Å². The lowest BCUT2D eigenvalue weighted by Gasteiger charge is -2.19. The van der Waals surface area contributed by atoms with Crippen LogP contribution in [0.15, 0.2) is 5.38 Å². The summed E-state index contributed by atoms with van der Waals surface area (Å²) in [5, 5.41) is 3.21. The van der Waals surface area contributed by atoms with Crippen molar-refractivity contribution in [2.45, 2.75) is 46.1 Å². The Labute approximate surface area is 96.1 Å². The van der Waals surface area contributed by atoms with E-state index in [2.05, 4.69) is 29.6 Å². The maximum absolute atomic E-state index is 5.59. The largest absolute Gasteiger partial charge is 0.271 e. The standard InChI is InChI=1S/C11H21N3S/c1-4-9(5-2)6-10(14-12)11-7-15-8(3)13-11/h7,9-10,14H,4-6,12H2,1-3H3. The fourth-order valence-corrected chi connectivity index (χ4v) is 2.44. The summed E-state index contributed by atoms with van der Waals surface area (Å²) in [6.45, 7) is 6.49. The molecule has 1 aromatic rings. The van der Waals surface area contributed by atoms with Gasteiger partial charge in [0, 0.05) is 5.38 Å². The normalized spacial score (nSPS) is 13.4. The van der Waals surface area contributed by atoms with Crippen LogP contribution in [-0.4, -0.2) is 4.98 Å². The summed E-state index contributed by atoms with van der Waals surface area (Å²) >= 11 is 1.68. The zero-order chi connectivity index (χ0) is 11.3. The monoisotopic (exact) mass is 227 g/mol. The first-order chi connectivity index (χ1) is 7.21. The summed E-state index contributed by atoms with van der Waals surface area (Å²) in [7, 11) is 0. The molecule has 4 heteroatoms. The number of rotatable bonds is 6. The average molecular weight is 227 g/mol. The molecule has 1 atom stereocenters. The average Bonchev–Trinajstić information content (AvgIpc) is 2.67. The molecule has 0 aliphatic heterocycles. The van der Waals surface area contributed by atoms with E-state index in [4.69, 9.17) is 5.84 Å². The molecule has 0 radical (unpaired) electrons. The van der Waals surface area contributed by atoms with Crippen LogP contribution in [0.4, 0.5) is 0 Å². The fraction of sp³-hybridized carbons (Fsp3) is 0.727. The first-order valence-electron chi connectivity index (χ1n) is 5.59. The topological polar surface area (TPSA) is 50.9 Å². The first kappa shape index (κ1) is 12.6. The minimum Gasteiger partial charge on any atom is -0.271 e. The quantitative estimate of drug-likeness (QED) is 0.580. The molecule has 0 saturated heterocycles. The number of nitrogens with one attached hydrogen (secondary N) is 1. The second-order valence-electron chi connectivity index (χ2n) is 3.93. The fourth-order valence-electron chi connectivity index (χ4n) is 1.77. The van der Waals surface area contributed by atoms with Crippen molar-refractivity contribution in [3.05, 3.63) is 16.1 Å². The van der Waals surface area contributed by atoms with Crippen molar-refractivity contribution in [2.24, 2.45) is 11.8 Å². The van der Waals surface area contributed by atoms with E-state index in [1.165, 1.54) is 12.8 Å². The maximum atomic E-state index is 5.59. The third kappa shape index (κ3) is 3.55. The lowest BCUT2D eigenvalue weighted by molar-refractivity contribution is 0.371. The Bertz CT molecular complexity index is 281. The van der Waals surface area contributed by atoms with Gasteiger partial charge in [-0.3, -0.25) is 11.3 Å². The number of hydrazine groups is 1. The number of nitrogens with zero attached hydrogens (tertiary/aromatic N) is 1. The molecular formula is C11H21N3S. The van der Waals surface area contributed by atoms with Gasteiger partial charge in [-0.1, -0.05) is 26.7 Å². The number of thiazole rings is 1. The molecule has 0 fully saturated rings. The smallest absolute Gasteiger partial charge is 0.0898 e. The summed E-state index contributed by atoms with van der Waals surface area (Å²) in [4.78, 5) is 4.48. The zero-order valence-corrected chi connectivity index (χ0v) is 10.6. The maximum Gasteiger partial charge on any atom is 0.0898 e. The predicted molar refractivity (Wildman–Crippen MR) is 65.6 cm³/mol. The number of hydrogen-bond acceptors (Lipinski definition) is 4. The second-order valence-corrected chi connectivity index (χ2v) is 4.99. The van der Waals surface area contributed by atoms with Gasteiger partial charge in [-0.05, 0) is 19.3 Å². The van der Waals surface area contributed by atoms with Crippen LogP contribution in [0.3, 0.4) is 0 Å². The minimum atomic E-state index is 0.208. The number of hydrogen-bond donors (Lipinski definition) is 2. The van der Waals surface area contributed by atoms with Crippen LogP contribution >= 0.6 is 11.3 Å². The number of aryl methyl sites for hydroxylation is 1. The summed E-state index contributed by atoms with van der Waals surface area (Å²) in [5.74, 6) is 6.32. The molecule has 0 spiro atoms. The third-order valence-electron chi connectivity index (χ3n) is 2.92. The van der Waals surface area contributed by atoms with Crippen LogP contribution in [0.5, 0.6) is 0 Å². The van der Waals surface area contributed by atoms with E-state index >= 15 is 0 Å². The van der Waals surface area contributed by atoms with Crippen LogP contribution in [-0.2, 0) is 0 Å². The summed E-state index contributed by atoms with van der Waals surface area (Å²) in [5.41, 5.74) is 3.96. The van der Waals surface area contributed by atoms with Crippen LogP contribution in [0.1, 0.15) is 49.9 Å². The van der Waals surface area contributed by atoms with E-state index in [0.717, 1.165) is 23.0 Å². The highest BCUT2D eigenvalue weighted by Crippen LogP contribution is 2.25. The van der Waals surface area contributed by atoms with Gasteiger partial charge in [-0.2, -0.15) is 0 Å². The van der Waals surface area contributed by atoms with Crippen LogP contribution < -0.4 is 11.3 Å². The molecule has 0 aromatic carbocycles. The van der Waals surface area contributed by atoms with E-state index in [1.54, 1.807) is 11.3 Å². The van der Waals surface area contributed by atoms with Gasteiger partial charge in [-0.25, -0.2) is 4.98 Å². The van der Waals surface area contributed by atoms with Crippen molar-refractivity contribution in [3.8, 4) is 0 Å². The lowest BCUT2D eigenvalue weighted by atomic mass is 9.94. The molecule has 0 saturated carbocycles. The highest BCUT2D eigenvalue weighted by Gasteiger charge is 2.16. The second kappa shape index (κ2) is 6.20. The first-order valence-corrected chi connectivity index (χ1v) is 6.47. The number of nitrogens with two attached hydrogens (primary N) is 1. The Balaban J connectivity index is 2.63. The molecule has 1 heterocycles. The van der Waals surface area contributed by atoms with Crippen molar-refractivity contribution >= 4 is 11.3 Å². The predicted octanol–water partition coefficient (Wildman–Crippen LogP) is 2.78. The molecule has 1 rings (SSSR count). The van der Waals surface area contributed by atoms with E-state index in [1.807, 2.05) is 6.92 Å². The molecule has 15 heavy (non-hydrogen) atoms. The van der Waals surface area contributed by atoms with Gasteiger partial charge in [0.25, 0.3) is 0 Å². The molecule has 1 aromatic heterocycles. The molecule has 1 unspecified atom stereocenters. The van der Waals surface area contributed by atoms with Gasteiger partial charge in [0.2, 0.25) is 0 Å². The van der Waals surface area contributed by atoms with Crippen molar-refractivity contribution in [1.29, 1.82) is 0 Å². The van der Waals surface area contributed by atoms with E-state index < -0.39 is 0 Å². The van der Waals surface area contributed by atoms with Gasteiger partial charge in [0.05, 0.1) is 16.7 Å². The van der Waals surface area contributed by atoms with Gasteiger partial charge in [0.15, 0.2) is 0 Å². The molecule has 0 bridgehead atoms. The molecule has 0 aliphatic carbocycles. The Morgan fingerprint density at radius 2 is 2.13 bits per heavy atom. The van der Waals surface area contributed by atoms with Gasteiger partial charge in [0.1, 0.15) is 0 Å². The van der Waals surface area contributed by atoms with Crippen molar-refractivity contribution in [1.82, 2.24) is 10.4 Å². The number of aromatic nitrogens is 1. The molecule has 86 valence electrons. The van der Waals surface area contributed by atoms with Gasteiger partial charge < -0.3 is 0 Å². The Kier molecular flexibility index (Phi) is 5.22. The van der Waals surface area contributed by atoms with Gasteiger partial charge >= 0.3 is 0 Å². The van der Waals surface area contributed by atoms with Crippen molar-refractivity contribution < 1.29 is 0 Å². The SMILES string of the molecule is CCC(CC)CC(NN)c1csc(C)n1. The Morgan fingerprint density at radius 3 is 2.53 bits per heavy atom. The van der Waals surface area contributed by atoms with E-state index in [-0.39, 0.29) is 6.04 Å². The van der Waals surface area contributed by atoms with Crippen LogP contribution in [0.25, 0.3) is 0 Å². The Morgan fingerprint density at radius 1 is 1.47 bits per heavy atom. The molecular weight excluding hydrogens is 206 g/mol. The van der Waals surface area contributed by atoms with Gasteiger partial charge in [-0.15, -0.1) is 11.3 Å². The van der Waals surface area contributed by atoms with Crippen LogP contribution in [0, 0.1) is 12.8 Å². The third-order valence-corrected chi connectivity index (χ3v) is 3.71.